The molecule has 1 fully saturated rings. The average molecular weight is 202 g/mol. The van der Waals surface area contributed by atoms with Gasteiger partial charge in [0.25, 0.3) is 0 Å². The molecule has 1 saturated heterocycles. The van der Waals surface area contributed by atoms with E-state index >= 15 is 0 Å². The molecular weight excluding hydrogens is 180 g/mol. The molecule has 0 spiro atoms. The molecule has 3 atom stereocenters. The lowest BCUT2D eigenvalue weighted by Gasteiger charge is -2.38. The van der Waals surface area contributed by atoms with Gasteiger partial charge in [-0.15, -0.1) is 0 Å². The Hall–Kier alpha value is -0.160. The number of rotatable bonds is 3. The van der Waals surface area contributed by atoms with Gasteiger partial charge in [0, 0.05) is 26.2 Å². The highest BCUT2D eigenvalue weighted by molar-refractivity contribution is 4.82. The molecular formula is C10H22N2O2. The molecule has 1 heterocycles. The molecule has 0 saturated carbocycles. The monoisotopic (exact) mass is 202 g/mol. The molecule has 0 aliphatic carbocycles. The standard InChI is InChI=1S/C10H22N2O2/c1-8-4-12(5-9(2)14-8)7-10(3,13)6-11/h8-9,13H,4-7,11H2,1-3H3/t8-,9+,10?. The van der Waals surface area contributed by atoms with Gasteiger partial charge < -0.3 is 15.6 Å². The van der Waals surface area contributed by atoms with Crippen LogP contribution in [0.4, 0.5) is 0 Å². The summed E-state index contributed by atoms with van der Waals surface area (Å²) in [6.45, 7) is 8.56. The number of ether oxygens (including phenoxy) is 1. The predicted octanol–water partition coefficient (Wildman–Crippen LogP) is -0.195. The Bertz CT molecular complexity index is 175. The van der Waals surface area contributed by atoms with Gasteiger partial charge >= 0.3 is 0 Å². The Morgan fingerprint density at radius 3 is 2.36 bits per heavy atom. The molecule has 0 aromatic rings. The van der Waals surface area contributed by atoms with E-state index in [9.17, 15) is 5.11 Å². The summed E-state index contributed by atoms with van der Waals surface area (Å²) in [6, 6.07) is 0. The number of aliphatic hydroxyl groups is 1. The Morgan fingerprint density at radius 2 is 1.93 bits per heavy atom. The molecule has 0 aromatic carbocycles. The molecule has 0 amide bonds. The van der Waals surface area contributed by atoms with Crippen molar-refractivity contribution >= 4 is 0 Å². The van der Waals surface area contributed by atoms with Gasteiger partial charge in [0.1, 0.15) is 0 Å². The highest BCUT2D eigenvalue weighted by Crippen LogP contribution is 2.13. The highest BCUT2D eigenvalue weighted by Gasteiger charge is 2.28. The Morgan fingerprint density at radius 1 is 1.43 bits per heavy atom. The minimum absolute atomic E-state index is 0.243. The summed E-state index contributed by atoms with van der Waals surface area (Å²) in [7, 11) is 0. The van der Waals surface area contributed by atoms with Gasteiger partial charge in [-0.1, -0.05) is 0 Å². The molecule has 14 heavy (non-hydrogen) atoms. The highest BCUT2D eigenvalue weighted by atomic mass is 16.5. The third-order valence-electron chi connectivity index (χ3n) is 2.50. The number of hydrogen-bond donors (Lipinski definition) is 2. The second-order valence-corrected chi connectivity index (χ2v) is 4.65. The van der Waals surface area contributed by atoms with Crippen LogP contribution in [0.3, 0.4) is 0 Å². The lowest BCUT2D eigenvalue weighted by atomic mass is 10.1. The van der Waals surface area contributed by atoms with Crippen LogP contribution in [0.1, 0.15) is 20.8 Å². The fourth-order valence-corrected chi connectivity index (χ4v) is 1.96. The Labute approximate surface area is 86.0 Å². The topological polar surface area (TPSA) is 58.7 Å². The molecule has 1 unspecified atom stereocenters. The summed E-state index contributed by atoms with van der Waals surface area (Å²) in [4.78, 5) is 2.21. The van der Waals surface area contributed by atoms with E-state index in [0.29, 0.717) is 13.1 Å². The van der Waals surface area contributed by atoms with Crippen LogP contribution in [-0.2, 0) is 4.74 Å². The number of nitrogens with zero attached hydrogens (tertiary/aromatic N) is 1. The summed E-state index contributed by atoms with van der Waals surface area (Å²) >= 11 is 0. The molecule has 4 heteroatoms. The van der Waals surface area contributed by atoms with Crippen LogP contribution < -0.4 is 5.73 Å². The van der Waals surface area contributed by atoms with Gasteiger partial charge in [0.2, 0.25) is 0 Å². The average Bonchev–Trinajstić information content (AvgIpc) is 2.01. The molecule has 1 rings (SSSR count). The van der Waals surface area contributed by atoms with Gasteiger partial charge in [-0.3, -0.25) is 4.90 Å². The maximum Gasteiger partial charge on any atom is 0.0867 e. The van der Waals surface area contributed by atoms with Crippen LogP contribution >= 0.6 is 0 Å². The first-order valence-electron chi connectivity index (χ1n) is 5.23. The summed E-state index contributed by atoms with van der Waals surface area (Å²) < 4.78 is 5.61. The number of nitrogens with two attached hydrogens (primary N) is 1. The Kier molecular flexibility index (Phi) is 3.89. The minimum atomic E-state index is -0.781. The van der Waals surface area contributed by atoms with Crippen molar-refractivity contribution in [3.63, 3.8) is 0 Å². The third kappa shape index (κ3) is 3.53. The van der Waals surface area contributed by atoms with Crippen molar-refractivity contribution in [1.29, 1.82) is 0 Å². The van der Waals surface area contributed by atoms with E-state index in [2.05, 4.69) is 18.7 Å². The molecule has 1 aliphatic heterocycles. The first kappa shape index (κ1) is 11.9. The minimum Gasteiger partial charge on any atom is -0.388 e. The van der Waals surface area contributed by atoms with Crippen molar-refractivity contribution in [1.82, 2.24) is 4.90 Å². The van der Waals surface area contributed by atoms with Crippen molar-refractivity contribution in [2.75, 3.05) is 26.2 Å². The summed E-state index contributed by atoms with van der Waals surface area (Å²) in [5.41, 5.74) is 4.70. The van der Waals surface area contributed by atoms with Crippen LogP contribution in [0.5, 0.6) is 0 Å². The van der Waals surface area contributed by atoms with Crippen LogP contribution in [0.15, 0.2) is 0 Å². The molecule has 84 valence electrons. The molecule has 4 nitrogen and oxygen atoms in total. The van der Waals surface area contributed by atoms with Crippen LogP contribution in [-0.4, -0.2) is 54.0 Å². The van der Waals surface area contributed by atoms with E-state index < -0.39 is 5.60 Å². The molecule has 1 aliphatic rings. The molecule has 0 radical (unpaired) electrons. The van der Waals surface area contributed by atoms with Gasteiger partial charge in [0.15, 0.2) is 0 Å². The molecule has 0 aromatic heterocycles. The first-order valence-corrected chi connectivity index (χ1v) is 5.23. The Balaban J connectivity index is 2.44. The maximum absolute atomic E-state index is 9.84. The molecule has 0 bridgehead atoms. The fourth-order valence-electron chi connectivity index (χ4n) is 1.96. The van der Waals surface area contributed by atoms with Crippen molar-refractivity contribution in [2.45, 2.75) is 38.6 Å². The van der Waals surface area contributed by atoms with Gasteiger partial charge in [-0.25, -0.2) is 0 Å². The third-order valence-corrected chi connectivity index (χ3v) is 2.50. The number of morpholine rings is 1. The quantitative estimate of drug-likeness (QED) is 0.666. The zero-order valence-corrected chi connectivity index (χ0v) is 9.36. The fraction of sp³-hybridized carbons (Fsp3) is 1.00. The molecule has 3 N–H and O–H groups in total. The van der Waals surface area contributed by atoms with Crippen molar-refractivity contribution in [2.24, 2.45) is 5.73 Å². The predicted molar refractivity (Wildman–Crippen MR) is 56.1 cm³/mol. The maximum atomic E-state index is 9.84. The lowest BCUT2D eigenvalue weighted by Crippen LogP contribution is -2.53. The van der Waals surface area contributed by atoms with E-state index in [1.807, 2.05) is 0 Å². The van der Waals surface area contributed by atoms with Gasteiger partial charge in [-0.05, 0) is 20.8 Å². The van der Waals surface area contributed by atoms with E-state index in [1.54, 1.807) is 6.92 Å². The van der Waals surface area contributed by atoms with Crippen LogP contribution in [0, 0.1) is 0 Å². The van der Waals surface area contributed by atoms with Gasteiger partial charge in [-0.2, -0.15) is 0 Å². The largest absolute Gasteiger partial charge is 0.388 e. The summed E-state index contributed by atoms with van der Waals surface area (Å²) in [5.74, 6) is 0. The smallest absolute Gasteiger partial charge is 0.0867 e. The zero-order valence-electron chi connectivity index (χ0n) is 9.36. The summed E-state index contributed by atoms with van der Waals surface area (Å²) in [5, 5.41) is 9.84. The van der Waals surface area contributed by atoms with Crippen molar-refractivity contribution in [3.05, 3.63) is 0 Å². The van der Waals surface area contributed by atoms with E-state index in [-0.39, 0.29) is 12.2 Å². The van der Waals surface area contributed by atoms with Crippen LogP contribution in [0.2, 0.25) is 0 Å². The second-order valence-electron chi connectivity index (χ2n) is 4.65. The first-order chi connectivity index (χ1) is 6.43. The number of hydrogen-bond acceptors (Lipinski definition) is 4. The van der Waals surface area contributed by atoms with Gasteiger partial charge in [0.05, 0.1) is 17.8 Å². The normalized spacial score (nSPS) is 34.1. The van der Waals surface area contributed by atoms with E-state index in [0.717, 1.165) is 13.1 Å². The lowest BCUT2D eigenvalue weighted by molar-refractivity contribution is -0.0872. The van der Waals surface area contributed by atoms with E-state index in [1.165, 1.54) is 0 Å². The van der Waals surface area contributed by atoms with Crippen molar-refractivity contribution in [3.8, 4) is 0 Å². The zero-order chi connectivity index (χ0) is 10.8. The SMILES string of the molecule is C[C@@H]1CN(CC(C)(O)CN)C[C@H](C)O1. The number of β-amino-alcohol motifs (C(OH)–C–C–N with tert-alkyl or cyclic N) is 1. The summed E-state index contributed by atoms with van der Waals surface area (Å²) in [6.07, 6.45) is 0.486. The van der Waals surface area contributed by atoms with Crippen LogP contribution in [0.25, 0.3) is 0 Å². The second kappa shape index (κ2) is 4.57. The van der Waals surface area contributed by atoms with Crippen molar-refractivity contribution < 1.29 is 9.84 Å². The van der Waals surface area contributed by atoms with E-state index in [4.69, 9.17) is 10.5 Å².